The van der Waals surface area contributed by atoms with Crippen molar-refractivity contribution < 1.29 is 4.79 Å². The number of halogens is 1. The van der Waals surface area contributed by atoms with Gasteiger partial charge in [-0.25, -0.2) is 4.98 Å². The Kier molecular flexibility index (Phi) is 5.70. The van der Waals surface area contributed by atoms with Crippen LogP contribution in [0.4, 0.5) is 5.69 Å². The normalized spacial score (nSPS) is 11.1. The van der Waals surface area contributed by atoms with E-state index in [4.69, 9.17) is 11.6 Å². The number of benzene rings is 2. The first kappa shape index (κ1) is 18.8. The number of hydrogen-bond donors (Lipinski definition) is 1. The van der Waals surface area contributed by atoms with Crippen LogP contribution < -0.4 is 5.32 Å². The second-order valence-electron chi connectivity index (χ2n) is 6.03. The molecule has 1 aromatic heterocycles. The first-order valence-electron chi connectivity index (χ1n) is 8.18. The molecule has 0 saturated heterocycles. The van der Waals surface area contributed by atoms with E-state index in [1.54, 1.807) is 12.1 Å². The third kappa shape index (κ3) is 4.62. The summed E-state index contributed by atoms with van der Waals surface area (Å²) in [6.07, 6.45) is 1.49. The Hall–Kier alpha value is -2.94. The van der Waals surface area contributed by atoms with E-state index in [1.807, 2.05) is 55.6 Å². The molecule has 1 heterocycles. The monoisotopic (exact) mass is 393 g/mol. The summed E-state index contributed by atoms with van der Waals surface area (Å²) in [5, 5.41) is 15.4. The molecular formula is C21H16ClN3OS. The number of aryl methyl sites for hydroxylation is 2. The number of rotatable bonds is 4. The lowest BCUT2D eigenvalue weighted by atomic mass is 10.1. The van der Waals surface area contributed by atoms with E-state index < -0.39 is 5.91 Å². The quantitative estimate of drug-likeness (QED) is 0.461. The molecule has 0 atom stereocenters. The highest BCUT2D eigenvalue weighted by Crippen LogP contribution is 2.26. The zero-order chi connectivity index (χ0) is 19.4. The third-order valence-corrected chi connectivity index (χ3v) is 5.06. The van der Waals surface area contributed by atoms with Gasteiger partial charge in [-0.05, 0) is 43.7 Å². The maximum Gasteiger partial charge on any atom is 0.266 e. The molecule has 6 heteroatoms. The van der Waals surface area contributed by atoms with Gasteiger partial charge in [0, 0.05) is 21.7 Å². The lowest BCUT2D eigenvalue weighted by molar-refractivity contribution is -0.112. The fourth-order valence-electron chi connectivity index (χ4n) is 2.52. The van der Waals surface area contributed by atoms with Crippen molar-refractivity contribution in [2.75, 3.05) is 5.32 Å². The highest BCUT2D eigenvalue weighted by Gasteiger charge is 2.12. The van der Waals surface area contributed by atoms with Crippen molar-refractivity contribution in [1.29, 1.82) is 5.26 Å². The number of amides is 1. The van der Waals surface area contributed by atoms with Crippen LogP contribution in [0, 0.1) is 25.2 Å². The van der Waals surface area contributed by atoms with Gasteiger partial charge in [-0.1, -0.05) is 41.4 Å². The molecule has 2 aromatic carbocycles. The van der Waals surface area contributed by atoms with Gasteiger partial charge in [-0.15, -0.1) is 11.3 Å². The number of anilines is 1. The van der Waals surface area contributed by atoms with E-state index in [9.17, 15) is 10.1 Å². The van der Waals surface area contributed by atoms with Crippen LogP contribution in [0.3, 0.4) is 0 Å². The molecule has 0 aliphatic carbocycles. The summed E-state index contributed by atoms with van der Waals surface area (Å²) in [7, 11) is 0. The lowest BCUT2D eigenvalue weighted by Crippen LogP contribution is -2.14. The van der Waals surface area contributed by atoms with E-state index in [-0.39, 0.29) is 5.57 Å². The largest absolute Gasteiger partial charge is 0.321 e. The minimum Gasteiger partial charge on any atom is -0.321 e. The van der Waals surface area contributed by atoms with Crippen LogP contribution in [-0.2, 0) is 4.79 Å². The van der Waals surface area contributed by atoms with Gasteiger partial charge in [0.15, 0.2) is 0 Å². The summed E-state index contributed by atoms with van der Waals surface area (Å²) in [4.78, 5) is 16.9. The first-order valence-corrected chi connectivity index (χ1v) is 9.44. The van der Waals surface area contributed by atoms with Crippen LogP contribution in [0.1, 0.15) is 16.8 Å². The van der Waals surface area contributed by atoms with Crippen molar-refractivity contribution in [1.82, 2.24) is 4.98 Å². The third-order valence-electron chi connectivity index (χ3n) is 3.90. The van der Waals surface area contributed by atoms with Gasteiger partial charge in [-0.2, -0.15) is 5.26 Å². The average molecular weight is 394 g/mol. The topological polar surface area (TPSA) is 65.8 Å². The Bertz CT molecular complexity index is 1060. The molecule has 0 bridgehead atoms. The SMILES string of the molecule is Cc1ccc(NC(=O)/C(C#N)=C/c2csc(-c3ccc(Cl)cc3)n2)c(C)c1. The maximum absolute atomic E-state index is 12.5. The molecule has 0 radical (unpaired) electrons. The summed E-state index contributed by atoms with van der Waals surface area (Å²) in [6, 6.07) is 15.0. The van der Waals surface area contributed by atoms with Gasteiger partial charge < -0.3 is 5.32 Å². The minimum atomic E-state index is -0.453. The molecule has 0 fully saturated rings. The molecule has 0 saturated carbocycles. The Labute approximate surface area is 166 Å². The van der Waals surface area contributed by atoms with Gasteiger partial charge in [0.05, 0.1) is 5.69 Å². The van der Waals surface area contributed by atoms with Crippen LogP contribution in [0.15, 0.2) is 53.4 Å². The fourth-order valence-corrected chi connectivity index (χ4v) is 3.43. The molecule has 4 nitrogen and oxygen atoms in total. The van der Waals surface area contributed by atoms with Gasteiger partial charge in [0.1, 0.15) is 16.6 Å². The molecule has 27 heavy (non-hydrogen) atoms. The van der Waals surface area contributed by atoms with Crippen LogP contribution in [-0.4, -0.2) is 10.9 Å². The van der Waals surface area contributed by atoms with Gasteiger partial charge in [-0.3, -0.25) is 4.79 Å². The van der Waals surface area contributed by atoms with Crippen molar-refractivity contribution in [3.63, 3.8) is 0 Å². The van der Waals surface area contributed by atoms with Crippen LogP contribution in [0.5, 0.6) is 0 Å². The Morgan fingerprint density at radius 1 is 1.22 bits per heavy atom. The Morgan fingerprint density at radius 2 is 1.96 bits per heavy atom. The molecule has 1 amide bonds. The van der Waals surface area contributed by atoms with E-state index in [1.165, 1.54) is 17.4 Å². The lowest BCUT2D eigenvalue weighted by Gasteiger charge is -2.08. The Balaban J connectivity index is 1.81. The van der Waals surface area contributed by atoms with Crippen molar-refractivity contribution >= 4 is 40.6 Å². The summed E-state index contributed by atoms with van der Waals surface area (Å²) >= 11 is 7.35. The zero-order valence-electron chi connectivity index (χ0n) is 14.8. The summed E-state index contributed by atoms with van der Waals surface area (Å²) < 4.78 is 0. The van der Waals surface area contributed by atoms with Crippen LogP contribution >= 0.6 is 22.9 Å². The number of carbonyl (C=O) groups excluding carboxylic acids is 1. The molecule has 1 N–H and O–H groups in total. The number of nitriles is 1. The van der Waals surface area contributed by atoms with E-state index in [2.05, 4.69) is 10.3 Å². The molecular weight excluding hydrogens is 378 g/mol. The number of nitrogens with zero attached hydrogens (tertiary/aromatic N) is 2. The molecule has 134 valence electrons. The highest BCUT2D eigenvalue weighted by molar-refractivity contribution is 7.13. The number of aromatic nitrogens is 1. The summed E-state index contributed by atoms with van der Waals surface area (Å²) in [6.45, 7) is 3.90. The first-order chi connectivity index (χ1) is 13.0. The minimum absolute atomic E-state index is 0.00271. The average Bonchev–Trinajstić information content (AvgIpc) is 3.11. The van der Waals surface area contributed by atoms with E-state index in [0.29, 0.717) is 16.4 Å². The van der Waals surface area contributed by atoms with E-state index in [0.717, 1.165) is 21.7 Å². The van der Waals surface area contributed by atoms with Crippen LogP contribution in [0.25, 0.3) is 16.6 Å². The Morgan fingerprint density at radius 3 is 2.63 bits per heavy atom. The van der Waals surface area contributed by atoms with Gasteiger partial charge in [0.25, 0.3) is 5.91 Å². The predicted octanol–water partition coefficient (Wildman–Crippen LogP) is 5.63. The zero-order valence-corrected chi connectivity index (χ0v) is 16.4. The summed E-state index contributed by atoms with van der Waals surface area (Å²) in [5.41, 5.74) is 4.24. The smallest absolute Gasteiger partial charge is 0.266 e. The maximum atomic E-state index is 12.5. The van der Waals surface area contributed by atoms with Crippen molar-refractivity contribution in [3.05, 3.63) is 75.3 Å². The summed E-state index contributed by atoms with van der Waals surface area (Å²) in [5.74, 6) is -0.453. The second-order valence-corrected chi connectivity index (χ2v) is 7.32. The standard InChI is InChI=1S/C21H16ClN3OS/c1-13-3-8-19(14(2)9-13)25-20(26)16(11-23)10-18-12-27-21(24-18)15-4-6-17(22)7-5-15/h3-10,12H,1-2H3,(H,25,26)/b16-10+. The fraction of sp³-hybridized carbons (Fsp3) is 0.0952. The number of thiazole rings is 1. The second kappa shape index (κ2) is 8.17. The van der Waals surface area contributed by atoms with E-state index >= 15 is 0 Å². The molecule has 3 rings (SSSR count). The van der Waals surface area contributed by atoms with Crippen LogP contribution in [0.2, 0.25) is 5.02 Å². The van der Waals surface area contributed by atoms with Gasteiger partial charge in [0.2, 0.25) is 0 Å². The predicted molar refractivity (Wildman–Crippen MR) is 111 cm³/mol. The molecule has 0 spiro atoms. The van der Waals surface area contributed by atoms with Crippen molar-refractivity contribution in [2.45, 2.75) is 13.8 Å². The molecule has 0 aliphatic rings. The molecule has 0 unspecified atom stereocenters. The number of nitrogens with one attached hydrogen (secondary N) is 1. The highest BCUT2D eigenvalue weighted by atomic mass is 35.5. The van der Waals surface area contributed by atoms with Gasteiger partial charge >= 0.3 is 0 Å². The van der Waals surface area contributed by atoms with Crippen molar-refractivity contribution in [3.8, 4) is 16.6 Å². The number of carbonyl (C=O) groups is 1. The molecule has 0 aliphatic heterocycles. The number of hydrogen-bond acceptors (Lipinski definition) is 4. The van der Waals surface area contributed by atoms with Crippen molar-refractivity contribution in [2.24, 2.45) is 0 Å². The molecule has 3 aromatic rings.